The Kier molecular flexibility index (Phi) is 5.85. The molecular formula is C12H14F4O. The summed E-state index contributed by atoms with van der Waals surface area (Å²) in [5.41, 5.74) is -1.67. The van der Waals surface area contributed by atoms with Gasteiger partial charge in [-0.1, -0.05) is 19.9 Å². The number of benzene rings is 1. The predicted molar refractivity (Wildman–Crippen MR) is 57.1 cm³/mol. The lowest BCUT2D eigenvalue weighted by molar-refractivity contribution is -0.138. The highest BCUT2D eigenvalue weighted by atomic mass is 19.4. The van der Waals surface area contributed by atoms with E-state index in [4.69, 9.17) is 0 Å². The summed E-state index contributed by atoms with van der Waals surface area (Å²) in [6.07, 6.45) is -5.17. The average molecular weight is 250 g/mol. The van der Waals surface area contributed by atoms with Crippen molar-refractivity contribution in [2.24, 2.45) is 0 Å². The molecular weight excluding hydrogens is 236 g/mol. The van der Waals surface area contributed by atoms with E-state index in [1.807, 2.05) is 13.8 Å². The summed E-state index contributed by atoms with van der Waals surface area (Å²) in [6.45, 7) is 5.12. The zero-order valence-electron chi connectivity index (χ0n) is 9.86. The molecule has 0 aliphatic carbocycles. The van der Waals surface area contributed by atoms with Crippen LogP contribution in [0.2, 0.25) is 0 Å². The first-order valence-corrected chi connectivity index (χ1v) is 5.16. The first-order valence-electron chi connectivity index (χ1n) is 5.16. The summed E-state index contributed by atoms with van der Waals surface area (Å²) >= 11 is 0. The van der Waals surface area contributed by atoms with E-state index in [1.165, 1.54) is 0 Å². The van der Waals surface area contributed by atoms with Crippen LogP contribution in [0.3, 0.4) is 0 Å². The van der Waals surface area contributed by atoms with Gasteiger partial charge in [-0.05, 0) is 19.1 Å². The predicted octanol–water partition coefficient (Wildman–Crippen LogP) is 4.00. The molecule has 0 heterocycles. The summed E-state index contributed by atoms with van der Waals surface area (Å²) in [6, 6.07) is 2.65. The van der Waals surface area contributed by atoms with Crippen molar-refractivity contribution in [2.45, 2.75) is 33.4 Å². The summed E-state index contributed by atoms with van der Waals surface area (Å²) in [7, 11) is 0. The maximum atomic E-state index is 13.1. The fourth-order valence-electron chi connectivity index (χ4n) is 1.25. The molecule has 0 saturated heterocycles. The number of hydrogen-bond acceptors (Lipinski definition) is 1. The summed E-state index contributed by atoms with van der Waals surface area (Å²) in [4.78, 5) is 10.7. The van der Waals surface area contributed by atoms with Crippen molar-refractivity contribution < 1.29 is 22.4 Å². The van der Waals surface area contributed by atoms with Crippen LogP contribution in [0.1, 0.15) is 31.9 Å². The highest BCUT2D eigenvalue weighted by molar-refractivity contribution is 5.78. The number of ketones is 1. The van der Waals surface area contributed by atoms with Crippen LogP contribution < -0.4 is 0 Å². The van der Waals surface area contributed by atoms with Crippen molar-refractivity contribution in [1.82, 2.24) is 0 Å². The lowest BCUT2D eigenvalue weighted by Crippen LogP contribution is -2.13. The molecule has 0 radical (unpaired) electrons. The monoisotopic (exact) mass is 250 g/mol. The molecule has 1 aromatic carbocycles. The standard InChI is InChI=1S/C10H8F4O.C2H6/c1-6(15)5-7-8(10(12,13)14)3-2-4-9(7)11;1-2/h2-4H,5H2,1H3;1-2H3. The zero-order chi connectivity index (χ0) is 13.6. The van der Waals surface area contributed by atoms with Gasteiger partial charge in [0.05, 0.1) is 5.56 Å². The van der Waals surface area contributed by atoms with Crippen molar-refractivity contribution >= 4 is 5.78 Å². The van der Waals surface area contributed by atoms with Crippen molar-refractivity contribution in [2.75, 3.05) is 0 Å². The van der Waals surface area contributed by atoms with E-state index >= 15 is 0 Å². The second-order valence-electron chi connectivity index (χ2n) is 3.14. The van der Waals surface area contributed by atoms with Crippen molar-refractivity contribution in [1.29, 1.82) is 0 Å². The minimum atomic E-state index is -4.63. The van der Waals surface area contributed by atoms with Gasteiger partial charge < -0.3 is 0 Å². The van der Waals surface area contributed by atoms with Crippen molar-refractivity contribution in [3.63, 3.8) is 0 Å². The average Bonchev–Trinajstić information content (AvgIpc) is 2.22. The third-order valence-electron chi connectivity index (χ3n) is 1.85. The molecule has 0 N–H and O–H groups in total. The van der Waals surface area contributed by atoms with Gasteiger partial charge >= 0.3 is 6.18 Å². The largest absolute Gasteiger partial charge is 0.416 e. The number of rotatable bonds is 2. The minimum absolute atomic E-state index is 0.509. The SMILES string of the molecule is CC.CC(=O)Cc1c(F)cccc1C(F)(F)F. The molecule has 1 nitrogen and oxygen atoms in total. The number of hydrogen-bond donors (Lipinski definition) is 0. The minimum Gasteiger partial charge on any atom is -0.300 e. The van der Waals surface area contributed by atoms with Crippen LogP contribution in [-0.4, -0.2) is 5.78 Å². The van der Waals surface area contributed by atoms with Gasteiger partial charge in [0.25, 0.3) is 0 Å². The number of carbonyl (C=O) groups excluding carboxylic acids is 1. The lowest BCUT2D eigenvalue weighted by atomic mass is 10.0. The lowest BCUT2D eigenvalue weighted by Gasteiger charge is -2.12. The van der Waals surface area contributed by atoms with Crippen LogP contribution in [0.15, 0.2) is 18.2 Å². The zero-order valence-corrected chi connectivity index (χ0v) is 9.86. The highest BCUT2D eigenvalue weighted by Gasteiger charge is 2.34. The van der Waals surface area contributed by atoms with Crippen LogP contribution in [0, 0.1) is 5.82 Å². The molecule has 0 aliphatic heterocycles. The molecule has 0 aromatic heterocycles. The van der Waals surface area contributed by atoms with Gasteiger partial charge in [0.2, 0.25) is 0 Å². The molecule has 96 valence electrons. The van der Waals surface area contributed by atoms with Gasteiger partial charge in [-0.3, -0.25) is 4.79 Å². The van der Waals surface area contributed by atoms with E-state index in [0.717, 1.165) is 25.1 Å². The Labute approximate surface area is 97.5 Å². The number of carbonyl (C=O) groups is 1. The molecule has 0 unspecified atom stereocenters. The maximum Gasteiger partial charge on any atom is 0.416 e. The molecule has 17 heavy (non-hydrogen) atoms. The van der Waals surface area contributed by atoms with Gasteiger partial charge in [0, 0.05) is 12.0 Å². The number of alkyl halides is 3. The van der Waals surface area contributed by atoms with E-state index in [1.54, 1.807) is 0 Å². The fourth-order valence-corrected chi connectivity index (χ4v) is 1.25. The summed E-state index contributed by atoms with van der Waals surface area (Å²) in [5, 5.41) is 0. The fraction of sp³-hybridized carbons (Fsp3) is 0.417. The van der Waals surface area contributed by atoms with Crippen molar-refractivity contribution in [3.05, 3.63) is 35.1 Å². The normalized spacial score (nSPS) is 10.5. The highest BCUT2D eigenvalue weighted by Crippen LogP contribution is 2.33. The van der Waals surface area contributed by atoms with Crippen LogP contribution in [0.4, 0.5) is 17.6 Å². The molecule has 0 atom stereocenters. The van der Waals surface area contributed by atoms with Gasteiger partial charge in [0.15, 0.2) is 0 Å². The van der Waals surface area contributed by atoms with Crippen LogP contribution in [0.5, 0.6) is 0 Å². The summed E-state index contributed by atoms with van der Waals surface area (Å²) < 4.78 is 50.3. The van der Waals surface area contributed by atoms with E-state index in [-0.39, 0.29) is 0 Å². The van der Waals surface area contributed by atoms with E-state index in [9.17, 15) is 22.4 Å². The van der Waals surface area contributed by atoms with Gasteiger partial charge in [-0.2, -0.15) is 13.2 Å². The second kappa shape index (κ2) is 6.37. The Balaban J connectivity index is 0.00000121. The smallest absolute Gasteiger partial charge is 0.300 e. The Morgan fingerprint density at radius 3 is 2.18 bits per heavy atom. The quantitative estimate of drug-likeness (QED) is 0.725. The Hall–Kier alpha value is -1.39. The van der Waals surface area contributed by atoms with E-state index in [0.29, 0.717) is 0 Å². The molecule has 0 aliphatic rings. The Morgan fingerprint density at radius 2 is 1.76 bits per heavy atom. The van der Waals surface area contributed by atoms with Gasteiger partial charge in [-0.25, -0.2) is 4.39 Å². The second-order valence-corrected chi connectivity index (χ2v) is 3.14. The molecule has 0 saturated carbocycles. The molecule has 0 spiro atoms. The van der Waals surface area contributed by atoms with Crippen LogP contribution >= 0.6 is 0 Å². The Bertz CT molecular complexity index is 383. The Morgan fingerprint density at radius 1 is 1.24 bits per heavy atom. The third kappa shape index (κ3) is 4.54. The van der Waals surface area contributed by atoms with Crippen LogP contribution in [0.25, 0.3) is 0 Å². The third-order valence-corrected chi connectivity index (χ3v) is 1.85. The van der Waals surface area contributed by atoms with E-state index < -0.39 is 35.3 Å². The van der Waals surface area contributed by atoms with Crippen LogP contribution in [-0.2, 0) is 17.4 Å². The molecule has 5 heteroatoms. The molecule has 0 fully saturated rings. The molecule has 1 rings (SSSR count). The maximum absolute atomic E-state index is 13.1. The number of Topliss-reactive ketones (excluding diaryl/α,β-unsaturated/α-hetero) is 1. The molecule has 0 amide bonds. The van der Waals surface area contributed by atoms with Gasteiger partial charge in [0.1, 0.15) is 11.6 Å². The molecule has 1 aromatic rings. The first kappa shape index (κ1) is 15.6. The topological polar surface area (TPSA) is 17.1 Å². The van der Waals surface area contributed by atoms with Crippen molar-refractivity contribution in [3.8, 4) is 0 Å². The van der Waals surface area contributed by atoms with E-state index in [2.05, 4.69) is 0 Å². The summed E-state index contributed by atoms with van der Waals surface area (Å²) in [5.74, 6) is -1.51. The molecule has 0 bridgehead atoms. The van der Waals surface area contributed by atoms with Gasteiger partial charge in [-0.15, -0.1) is 0 Å². The first-order chi connectivity index (χ1) is 7.82. The number of halogens is 4.